The molecule has 1 aromatic heterocycles. The lowest BCUT2D eigenvalue weighted by Crippen LogP contribution is -2.22. The molecule has 3 N–H and O–H groups in total. The zero-order valence-electron chi connectivity index (χ0n) is 16.6. The Hall–Kier alpha value is -2.95. The molecule has 0 unspecified atom stereocenters. The SMILES string of the molecule is COc1ccc(-n2ccc(CN=C(N)Nc3ccc4c(c3)OCCCO4)n2)cc1.I. The third-order valence-corrected chi connectivity index (χ3v) is 4.41. The van der Waals surface area contributed by atoms with Gasteiger partial charge in [0.1, 0.15) is 5.75 Å². The molecule has 0 saturated carbocycles. The summed E-state index contributed by atoms with van der Waals surface area (Å²) in [5, 5.41) is 7.61. The van der Waals surface area contributed by atoms with Crippen LogP contribution in [0.5, 0.6) is 17.2 Å². The second-order valence-electron chi connectivity index (χ2n) is 6.49. The van der Waals surface area contributed by atoms with Crippen molar-refractivity contribution in [2.75, 3.05) is 25.6 Å². The van der Waals surface area contributed by atoms with E-state index in [-0.39, 0.29) is 24.0 Å². The molecule has 0 saturated heterocycles. The van der Waals surface area contributed by atoms with Gasteiger partial charge in [-0.25, -0.2) is 9.67 Å². The molecule has 3 aromatic rings. The van der Waals surface area contributed by atoms with Gasteiger partial charge in [0.05, 0.1) is 38.2 Å². The van der Waals surface area contributed by atoms with Crippen molar-refractivity contribution in [1.29, 1.82) is 0 Å². The Morgan fingerprint density at radius 2 is 1.90 bits per heavy atom. The average Bonchev–Trinajstić information content (AvgIpc) is 3.10. The average molecular weight is 521 g/mol. The standard InChI is InChI=1S/C21H23N5O3.HI/c1-27-18-6-4-17(5-7-18)26-10-9-16(25-26)14-23-21(22)24-15-3-8-19-20(13-15)29-12-2-11-28-19;/h3-10,13H,2,11-12,14H2,1H3,(H3,22,23,24);1H. The van der Waals surface area contributed by atoms with E-state index in [2.05, 4.69) is 15.4 Å². The van der Waals surface area contributed by atoms with Crippen molar-refractivity contribution in [3.05, 3.63) is 60.4 Å². The van der Waals surface area contributed by atoms with Gasteiger partial charge < -0.3 is 25.3 Å². The zero-order valence-corrected chi connectivity index (χ0v) is 18.9. The van der Waals surface area contributed by atoms with Crippen molar-refractivity contribution < 1.29 is 14.2 Å². The summed E-state index contributed by atoms with van der Waals surface area (Å²) in [4.78, 5) is 4.37. The van der Waals surface area contributed by atoms with Crippen LogP contribution in [0.4, 0.5) is 5.69 Å². The first-order valence-electron chi connectivity index (χ1n) is 9.37. The van der Waals surface area contributed by atoms with Crippen molar-refractivity contribution in [3.8, 4) is 22.9 Å². The number of nitrogens with two attached hydrogens (primary N) is 1. The summed E-state index contributed by atoms with van der Waals surface area (Å²) in [6.07, 6.45) is 2.75. The van der Waals surface area contributed by atoms with Crippen LogP contribution in [-0.4, -0.2) is 36.1 Å². The number of aliphatic imine (C=N–C) groups is 1. The molecule has 0 amide bonds. The molecule has 0 bridgehead atoms. The maximum atomic E-state index is 6.03. The number of ether oxygens (including phenoxy) is 3. The monoisotopic (exact) mass is 521 g/mol. The normalized spacial score (nSPS) is 13.2. The fourth-order valence-electron chi connectivity index (χ4n) is 2.92. The van der Waals surface area contributed by atoms with Crippen LogP contribution in [0.15, 0.2) is 59.7 Å². The van der Waals surface area contributed by atoms with E-state index in [1.165, 1.54) is 0 Å². The van der Waals surface area contributed by atoms with E-state index < -0.39 is 0 Å². The van der Waals surface area contributed by atoms with Crippen molar-refractivity contribution in [2.45, 2.75) is 13.0 Å². The van der Waals surface area contributed by atoms with Crippen LogP contribution in [0.1, 0.15) is 12.1 Å². The second kappa shape index (κ2) is 10.2. The summed E-state index contributed by atoms with van der Waals surface area (Å²) in [7, 11) is 1.64. The van der Waals surface area contributed by atoms with Gasteiger partial charge in [0.15, 0.2) is 17.5 Å². The van der Waals surface area contributed by atoms with Crippen LogP contribution in [0, 0.1) is 0 Å². The van der Waals surface area contributed by atoms with Crippen LogP contribution in [-0.2, 0) is 6.54 Å². The number of rotatable bonds is 5. The van der Waals surface area contributed by atoms with Gasteiger partial charge in [-0.15, -0.1) is 24.0 Å². The molecule has 8 nitrogen and oxygen atoms in total. The van der Waals surface area contributed by atoms with Gasteiger partial charge >= 0.3 is 0 Å². The van der Waals surface area contributed by atoms with Crippen LogP contribution in [0.3, 0.4) is 0 Å². The molecule has 0 spiro atoms. The summed E-state index contributed by atoms with van der Waals surface area (Å²) < 4.78 is 18.3. The van der Waals surface area contributed by atoms with Crippen LogP contribution in [0.25, 0.3) is 5.69 Å². The maximum Gasteiger partial charge on any atom is 0.193 e. The van der Waals surface area contributed by atoms with E-state index in [0.29, 0.717) is 31.5 Å². The fourth-order valence-corrected chi connectivity index (χ4v) is 2.92. The molecule has 4 rings (SSSR count). The number of anilines is 1. The minimum Gasteiger partial charge on any atom is -0.497 e. The number of fused-ring (bicyclic) bond motifs is 1. The molecule has 158 valence electrons. The van der Waals surface area contributed by atoms with Gasteiger partial charge in [-0.1, -0.05) is 0 Å². The van der Waals surface area contributed by atoms with Crippen molar-refractivity contribution in [3.63, 3.8) is 0 Å². The highest BCUT2D eigenvalue weighted by Gasteiger charge is 2.11. The second-order valence-corrected chi connectivity index (χ2v) is 6.49. The smallest absolute Gasteiger partial charge is 0.193 e. The summed E-state index contributed by atoms with van der Waals surface area (Å²) in [6, 6.07) is 15.2. The van der Waals surface area contributed by atoms with Crippen LogP contribution >= 0.6 is 24.0 Å². The number of halogens is 1. The van der Waals surface area contributed by atoms with Gasteiger partial charge in [0.2, 0.25) is 0 Å². The molecule has 0 fully saturated rings. The summed E-state index contributed by atoms with van der Waals surface area (Å²) in [5.74, 6) is 2.56. The largest absolute Gasteiger partial charge is 0.497 e. The van der Waals surface area contributed by atoms with Crippen LogP contribution < -0.4 is 25.3 Å². The van der Waals surface area contributed by atoms with E-state index >= 15 is 0 Å². The Labute approximate surface area is 192 Å². The molecule has 0 radical (unpaired) electrons. The van der Waals surface area contributed by atoms with E-state index in [4.69, 9.17) is 19.9 Å². The molecule has 2 heterocycles. The van der Waals surface area contributed by atoms with E-state index in [9.17, 15) is 0 Å². The Morgan fingerprint density at radius 3 is 2.67 bits per heavy atom. The predicted molar refractivity (Wildman–Crippen MR) is 127 cm³/mol. The fraction of sp³-hybridized carbons (Fsp3) is 0.238. The molecule has 2 aromatic carbocycles. The highest BCUT2D eigenvalue weighted by molar-refractivity contribution is 14.0. The van der Waals surface area contributed by atoms with Gasteiger partial charge in [-0.2, -0.15) is 5.10 Å². The van der Waals surface area contributed by atoms with Gasteiger partial charge in [0, 0.05) is 24.4 Å². The lowest BCUT2D eigenvalue weighted by atomic mass is 10.3. The zero-order chi connectivity index (χ0) is 20.1. The summed E-state index contributed by atoms with van der Waals surface area (Å²) in [6.45, 7) is 1.66. The Kier molecular flexibility index (Phi) is 7.39. The predicted octanol–water partition coefficient (Wildman–Crippen LogP) is 3.59. The number of aromatic nitrogens is 2. The van der Waals surface area contributed by atoms with E-state index in [1.54, 1.807) is 11.8 Å². The third-order valence-electron chi connectivity index (χ3n) is 4.41. The molecule has 1 aliphatic rings. The number of benzene rings is 2. The first kappa shape index (κ1) is 21.8. The number of nitrogens with one attached hydrogen (secondary N) is 1. The lowest BCUT2D eigenvalue weighted by Gasteiger charge is -2.10. The molecule has 1 aliphatic heterocycles. The molecule has 0 aliphatic carbocycles. The Bertz CT molecular complexity index is 1000. The van der Waals surface area contributed by atoms with E-state index in [1.807, 2.05) is 54.7 Å². The van der Waals surface area contributed by atoms with Gasteiger partial charge in [-0.05, 0) is 42.5 Å². The topological polar surface area (TPSA) is 95.9 Å². The molecule has 9 heteroatoms. The first-order chi connectivity index (χ1) is 14.2. The minimum atomic E-state index is 0. The number of methoxy groups -OCH3 is 1. The minimum absolute atomic E-state index is 0. The Balaban J connectivity index is 0.00000256. The third kappa shape index (κ3) is 5.35. The Morgan fingerprint density at radius 1 is 1.13 bits per heavy atom. The van der Waals surface area contributed by atoms with E-state index in [0.717, 1.165) is 35.0 Å². The van der Waals surface area contributed by atoms with Crippen LogP contribution in [0.2, 0.25) is 0 Å². The summed E-state index contributed by atoms with van der Waals surface area (Å²) >= 11 is 0. The number of nitrogens with zero attached hydrogens (tertiary/aromatic N) is 3. The number of hydrogen-bond acceptors (Lipinski definition) is 5. The molecule has 30 heavy (non-hydrogen) atoms. The maximum absolute atomic E-state index is 6.03. The molecule has 0 atom stereocenters. The van der Waals surface area contributed by atoms with Gasteiger partial charge in [-0.3, -0.25) is 0 Å². The quantitative estimate of drug-likeness (QED) is 0.303. The highest BCUT2D eigenvalue weighted by Crippen LogP contribution is 2.32. The number of guanidine groups is 1. The van der Waals surface area contributed by atoms with Crippen molar-refractivity contribution >= 4 is 35.6 Å². The van der Waals surface area contributed by atoms with Gasteiger partial charge in [0.25, 0.3) is 0 Å². The molecular formula is C21H24IN5O3. The van der Waals surface area contributed by atoms with Crippen molar-refractivity contribution in [2.24, 2.45) is 10.7 Å². The van der Waals surface area contributed by atoms with Crippen molar-refractivity contribution in [1.82, 2.24) is 9.78 Å². The number of hydrogen-bond donors (Lipinski definition) is 2. The highest BCUT2D eigenvalue weighted by atomic mass is 127. The lowest BCUT2D eigenvalue weighted by molar-refractivity contribution is 0.297. The first-order valence-corrected chi connectivity index (χ1v) is 9.37. The molecular weight excluding hydrogens is 497 g/mol. The summed E-state index contributed by atoms with van der Waals surface area (Å²) in [5.41, 5.74) is 8.57.